The molecule has 164 valence electrons. The third-order valence-corrected chi connectivity index (χ3v) is 7.05. The molecular weight excluding hydrogens is 425 g/mol. The molecule has 3 heterocycles. The van der Waals surface area contributed by atoms with Gasteiger partial charge in [-0.1, -0.05) is 19.9 Å². The number of aromatic nitrogens is 3. The zero-order chi connectivity index (χ0) is 22.2. The summed E-state index contributed by atoms with van der Waals surface area (Å²) in [4.78, 5) is 24.7. The molecule has 0 aliphatic heterocycles. The lowest BCUT2D eigenvalue weighted by Gasteiger charge is -2.29. The first-order chi connectivity index (χ1) is 14.7. The largest absolute Gasteiger partial charge is 0.433 e. The second-order valence-electron chi connectivity index (χ2n) is 8.31. The molecule has 0 unspecified atom stereocenters. The van der Waals surface area contributed by atoms with Gasteiger partial charge in [-0.25, -0.2) is 15.0 Å². The summed E-state index contributed by atoms with van der Waals surface area (Å²) in [5, 5.41) is 3.62. The van der Waals surface area contributed by atoms with E-state index in [0.29, 0.717) is 11.8 Å². The molecule has 0 atom stereocenters. The number of pyridine rings is 2. The van der Waals surface area contributed by atoms with Gasteiger partial charge in [0.2, 0.25) is 0 Å². The number of nitrogens with one attached hydrogen (secondary N) is 1. The number of rotatable bonds is 4. The Hall–Kier alpha value is -2.55. The van der Waals surface area contributed by atoms with Gasteiger partial charge in [0.05, 0.1) is 21.4 Å². The first-order valence-corrected chi connectivity index (χ1v) is 11.1. The van der Waals surface area contributed by atoms with Gasteiger partial charge in [0.15, 0.2) is 0 Å². The van der Waals surface area contributed by atoms with Crippen molar-refractivity contribution in [1.82, 2.24) is 15.0 Å². The van der Waals surface area contributed by atoms with E-state index in [4.69, 9.17) is 4.98 Å². The minimum atomic E-state index is -4.61. The summed E-state index contributed by atoms with van der Waals surface area (Å²) in [6.07, 6.45) is 1.65. The Morgan fingerprint density at radius 2 is 1.90 bits per heavy atom. The van der Waals surface area contributed by atoms with Gasteiger partial charge >= 0.3 is 6.18 Å². The van der Waals surface area contributed by atoms with E-state index < -0.39 is 17.8 Å². The van der Waals surface area contributed by atoms with Crippen LogP contribution in [0.1, 0.15) is 66.6 Å². The molecule has 4 rings (SSSR count). The van der Waals surface area contributed by atoms with Gasteiger partial charge < -0.3 is 5.32 Å². The Morgan fingerprint density at radius 3 is 2.58 bits per heavy atom. The Labute approximate surface area is 182 Å². The second-order valence-corrected chi connectivity index (χ2v) is 9.37. The SMILES string of the molecule is CC(C)[C@H]1CC[C@H](c2nc3cnc(NC(=O)c4cccc(C(F)(F)F)n4)cc3s2)CC1. The summed E-state index contributed by atoms with van der Waals surface area (Å²) in [5.41, 5.74) is -0.660. The van der Waals surface area contributed by atoms with Crippen molar-refractivity contribution in [2.45, 2.75) is 51.6 Å². The van der Waals surface area contributed by atoms with Crippen LogP contribution in [0.3, 0.4) is 0 Å². The molecule has 1 saturated carbocycles. The van der Waals surface area contributed by atoms with Crippen molar-refractivity contribution < 1.29 is 18.0 Å². The van der Waals surface area contributed by atoms with E-state index in [1.54, 1.807) is 23.6 Å². The monoisotopic (exact) mass is 448 g/mol. The summed E-state index contributed by atoms with van der Waals surface area (Å²) in [5.74, 6) is 1.45. The molecule has 0 saturated heterocycles. The van der Waals surface area contributed by atoms with Gasteiger partial charge in [0, 0.05) is 12.0 Å². The Bertz CT molecular complexity index is 1090. The van der Waals surface area contributed by atoms with Gasteiger partial charge in [-0.3, -0.25) is 4.79 Å². The molecular formula is C22H23F3N4OS. The van der Waals surface area contributed by atoms with Crippen LogP contribution in [0.2, 0.25) is 0 Å². The molecule has 1 N–H and O–H groups in total. The maximum atomic E-state index is 12.8. The lowest BCUT2D eigenvalue weighted by atomic mass is 9.77. The van der Waals surface area contributed by atoms with E-state index in [1.807, 2.05) is 0 Å². The van der Waals surface area contributed by atoms with Crippen LogP contribution in [-0.2, 0) is 6.18 Å². The fraction of sp³-hybridized carbons (Fsp3) is 0.455. The number of hydrogen-bond donors (Lipinski definition) is 1. The first-order valence-electron chi connectivity index (χ1n) is 10.3. The van der Waals surface area contributed by atoms with Crippen LogP contribution >= 0.6 is 11.3 Å². The highest BCUT2D eigenvalue weighted by atomic mass is 32.1. The van der Waals surface area contributed by atoms with Crippen LogP contribution < -0.4 is 5.32 Å². The smallest absolute Gasteiger partial charge is 0.305 e. The highest BCUT2D eigenvalue weighted by molar-refractivity contribution is 7.18. The van der Waals surface area contributed by atoms with Crippen LogP contribution in [0.5, 0.6) is 0 Å². The predicted octanol–water partition coefficient (Wildman–Crippen LogP) is 6.29. The summed E-state index contributed by atoms with van der Waals surface area (Å²) in [6, 6.07) is 4.93. The number of anilines is 1. The third kappa shape index (κ3) is 4.87. The molecule has 31 heavy (non-hydrogen) atoms. The van der Waals surface area contributed by atoms with Crippen molar-refractivity contribution in [3.8, 4) is 0 Å². The lowest BCUT2D eigenvalue weighted by molar-refractivity contribution is -0.141. The van der Waals surface area contributed by atoms with E-state index in [9.17, 15) is 18.0 Å². The Morgan fingerprint density at radius 1 is 1.16 bits per heavy atom. The Kier molecular flexibility index (Phi) is 5.96. The molecule has 1 aliphatic carbocycles. The van der Waals surface area contributed by atoms with Crippen molar-refractivity contribution >= 4 is 33.3 Å². The summed E-state index contributed by atoms with van der Waals surface area (Å²) >= 11 is 1.59. The number of amides is 1. The number of fused-ring (bicyclic) bond motifs is 1. The van der Waals surface area contributed by atoms with Crippen LogP contribution in [0.25, 0.3) is 10.2 Å². The van der Waals surface area contributed by atoms with Gasteiger partial charge in [0.25, 0.3) is 5.91 Å². The van der Waals surface area contributed by atoms with Gasteiger partial charge in [-0.05, 0) is 49.7 Å². The first kappa shape index (κ1) is 21.7. The van der Waals surface area contributed by atoms with E-state index >= 15 is 0 Å². The average molecular weight is 449 g/mol. The molecule has 0 bridgehead atoms. The highest BCUT2D eigenvalue weighted by Crippen LogP contribution is 2.41. The number of thiazole rings is 1. The summed E-state index contributed by atoms with van der Waals surface area (Å²) in [6.45, 7) is 4.55. The van der Waals surface area contributed by atoms with Crippen molar-refractivity contribution in [2.75, 3.05) is 5.32 Å². The normalized spacial score (nSPS) is 19.7. The molecule has 0 aromatic carbocycles. The van der Waals surface area contributed by atoms with E-state index in [2.05, 4.69) is 29.1 Å². The summed E-state index contributed by atoms with van der Waals surface area (Å²) in [7, 11) is 0. The molecule has 9 heteroatoms. The minimum absolute atomic E-state index is 0.260. The van der Waals surface area contributed by atoms with Gasteiger partial charge in [-0.15, -0.1) is 11.3 Å². The number of carbonyl (C=O) groups is 1. The van der Waals surface area contributed by atoms with E-state index in [1.165, 1.54) is 18.9 Å². The lowest BCUT2D eigenvalue weighted by Crippen LogP contribution is -2.17. The highest BCUT2D eigenvalue weighted by Gasteiger charge is 2.33. The molecule has 3 aromatic rings. The topological polar surface area (TPSA) is 67.8 Å². The van der Waals surface area contributed by atoms with Gasteiger partial charge in [-0.2, -0.15) is 13.2 Å². The number of halogens is 3. The number of alkyl halides is 3. The third-order valence-electron chi connectivity index (χ3n) is 5.87. The van der Waals surface area contributed by atoms with E-state index in [0.717, 1.165) is 46.1 Å². The number of carbonyl (C=O) groups excluding carboxylic acids is 1. The zero-order valence-corrected chi connectivity index (χ0v) is 18.1. The second kappa shape index (κ2) is 8.53. The zero-order valence-electron chi connectivity index (χ0n) is 17.2. The number of nitrogens with zero attached hydrogens (tertiary/aromatic N) is 3. The molecule has 1 aliphatic rings. The molecule has 5 nitrogen and oxygen atoms in total. The fourth-order valence-corrected chi connectivity index (χ4v) is 5.17. The minimum Gasteiger partial charge on any atom is -0.305 e. The van der Waals surface area contributed by atoms with Crippen molar-refractivity contribution in [1.29, 1.82) is 0 Å². The van der Waals surface area contributed by atoms with Crippen LogP contribution in [-0.4, -0.2) is 20.9 Å². The maximum absolute atomic E-state index is 12.8. The van der Waals surface area contributed by atoms with Crippen LogP contribution in [0, 0.1) is 11.8 Å². The average Bonchev–Trinajstić information content (AvgIpc) is 3.16. The number of hydrogen-bond acceptors (Lipinski definition) is 5. The fourth-order valence-electron chi connectivity index (χ4n) is 4.02. The summed E-state index contributed by atoms with van der Waals surface area (Å²) < 4.78 is 39.4. The maximum Gasteiger partial charge on any atom is 0.433 e. The van der Waals surface area contributed by atoms with Crippen molar-refractivity contribution in [3.63, 3.8) is 0 Å². The standard InChI is InChI=1S/C22H23F3N4OS/c1-12(2)13-6-8-14(9-7-13)21-28-16-11-26-19(10-17(16)31-21)29-20(30)15-4-3-5-18(27-15)22(23,24)25/h3-5,10-14H,6-9H2,1-2H3,(H,26,29,30)/t13-,14-. The molecule has 1 fully saturated rings. The Balaban J connectivity index is 1.48. The molecule has 0 spiro atoms. The van der Waals surface area contributed by atoms with Crippen LogP contribution in [0.4, 0.5) is 19.0 Å². The predicted molar refractivity (Wildman–Crippen MR) is 114 cm³/mol. The molecule has 1 amide bonds. The quantitative estimate of drug-likeness (QED) is 0.510. The van der Waals surface area contributed by atoms with Gasteiger partial charge in [0.1, 0.15) is 17.2 Å². The van der Waals surface area contributed by atoms with E-state index in [-0.39, 0.29) is 11.5 Å². The van der Waals surface area contributed by atoms with Crippen molar-refractivity contribution in [2.24, 2.45) is 11.8 Å². The van der Waals surface area contributed by atoms with Crippen molar-refractivity contribution in [3.05, 3.63) is 46.9 Å². The molecule has 3 aromatic heterocycles. The molecule has 0 radical (unpaired) electrons. The van der Waals surface area contributed by atoms with Crippen LogP contribution in [0.15, 0.2) is 30.5 Å².